The Kier molecular flexibility index (Phi) is 8.63. The summed E-state index contributed by atoms with van der Waals surface area (Å²) in [5.41, 5.74) is 1.53. The molecule has 9 heteroatoms. The highest BCUT2D eigenvalue weighted by Crippen LogP contribution is 2.22. The molecule has 8 nitrogen and oxygen atoms in total. The van der Waals surface area contributed by atoms with E-state index < -0.39 is 6.10 Å². The van der Waals surface area contributed by atoms with Crippen molar-refractivity contribution in [3.05, 3.63) is 59.4 Å². The number of benzene rings is 1. The minimum atomic E-state index is -0.498. The van der Waals surface area contributed by atoms with Crippen LogP contribution >= 0.6 is 11.6 Å². The van der Waals surface area contributed by atoms with E-state index in [0.29, 0.717) is 36.5 Å². The maximum absolute atomic E-state index is 12.3. The predicted molar refractivity (Wildman–Crippen MR) is 118 cm³/mol. The van der Waals surface area contributed by atoms with Gasteiger partial charge in [0.2, 0.25) is 5.91 Å². The smallest absolute Gasteiger partial charge is 0.319 e. The van der Waals surface area contributed by atoms with Crippen molar-refractivity contribution in [3.8, 4) is 0 Å². The molecule has 1 aliphatic heterocycles. The average molecular weight is 447 g/mol. The number of rotatable bonds is 8. The van der Waals surface area contributed by atoms with Gasteiger partial charge in [0, 0.05) is 29.6 Å². The molecule has 1 fully saturated rings. The summed E-state index contributed by atoms with van der Waals surface area (Å²) in [5.74, 6) is -0.0564. The van der Waals surface area contributed by atoms with E-state index in [1.54, 1.807) is 36.7 Å². The highest BCUT2D eigenvalue weighted by atomic mass is 35.5. The molecule has 0 unspecified atom stereocenters. The first-order valence-electron chi connectivity index (χ1n) is 10.3. The van der Waals surface area contributed by atoms with Gasteiger partial charge in [0.05, 0.1) is 25.2 Å². The van der Waals surface area contributed by atoms with Gasteiger partial charge in [-0.15, -0.1) is 0 Å². The Bertz CT molecular complexity index is 850. The number of anilines is 1. The molecule has 0 bridgehead atoms. The number of hydrogen-bond donors (Lipinski definition) is 4. The number of urea groups is 1. The molecule has 166 valence electrons. The van der Waals surface area contributed by atoms with Crippen LogP contribution < -0.4 is 16.0 Å². The Morgan fingerprint density at radius 3 is 2.58 bits per heavy atom. The Morgan fingerprint density at radius 1 is 1.13 bits per heavy atom. The molecule has 3 amide bonds. The van der Waals surface area contributed by atoms with E-state index in [9.17, 15) is 14.7 Å². The zero-order chi connectivity index (χ0) is 22.1. The normalized spacial score (nSPS) is 20.6. The standard InChI is InChI=1S/C22H27ClN4O4/c23-16-1-3-17(4-2-16)26-22(30)27-19-6-5-18(31-20(19)14-28)9-12-25-21(29)13-15-7-10-24-11-8-15/h1-4,7-8,10-11,18-20,28H,5-6,9,12-14H2,(H,25,29)(H2,26,27,30)/t18-,19+,20+/m0/s1. The molecule has 3 rings (SSSR count). The molecule has 31 heavy (non-hydrogen) atoms. The van der Waals surface area contributed by atoms with Gasteiger partial charge in [-0.05, 0) is 61.2 Å². The van der Waals surface area contributed by atoms with Crippen LogP contribution in [0.2, 0.25) is 5.02 Å². The van der Waals surface area contributed by atoms with Gasteiger partial charge in [-0.25, -0.2) is 4.79 Å². The van der Waals surface area contributed by atoms with Crippen molar-refractivity contribution in [1.82, 2.24) is 15.6 Å². The minimum absolute atomic E-state index is 0.0564. The number of aromatic nitrogens is 1. The molecule has 4 N–H and O–H groups in total. The zero-order valence-electron chi connectivity index (χ0n) is 17.1. The van der Waals surface area contributed by atoms with Crippen LogP contribution in [0.3, 0.4) is 0 Å². The van der Waals surface area contributed by atoms with Gasteiger partial charge in [0.25, 0.3) is 0 Å². The maximum atomic E-state index is 12.3. The highest BCUT2D eigenvalue weighted by molar-refractivity contribution is 6.30. The summed E-state index contributed by atoms with van der Waals surface area (Å²) in [5, 5.41) is 18.8. The molecule has 0 aliphatic carbocycles. The van der Waals surface area contributed by atoms with Crippen molar-refractivity contribution < 1.29 is 19.4 Å². The van der Waals surface area contributed by atoms with Crippen molar-refractivity contribution in [3.63, 3.8) is 0 Å². The number of carbonyl (C=O) groups excluding carboxylic acids is 2. The Labute approximate surface area is 186 Å². The van der Waals surface area contributed by atoms with Gasteiger partial charge in [-0.2, -0.15) is 0 Å². The zero-order valence-corrected chi connectivity index (χ0v) is 17.8. The molecule has 2 aromatic rings. The molecule has 2 heterocycles. The Balaban J connectivity index is 1.39. The largest absolute Gasteiger partial charge is 0.394 e. The molecular weight excluding hydrogens is 420 g/mol. The second-order valence-electron chi connectivity index (χ2n) is 7.44. The predicted octanol–water partition coefficient (Wildman–Crippen LogP) is 2.51. The fourth-order valence-corrected chi connectivity index (χ4v) is 3.63. The molecule has 1 saturated heterocycles. The summed E-state index contributed by atoms with van der Waals surface area (Å²) in [6, 6.07) is 9.77. The van der Waals surface area contributed by atoms with Crippen LogP contribution in [-0.2, 0) is 16.0 Å². The number of aliphatic hydroxyl groups excluding tert-OH is 1. The molecule has 0 saturated carbocycles. The summed E-state index contributed by atoms with van der Waals surface area (Å²) < 4.78 is 5.95. The summed E-state index contributed by atoms with van der Waals surface area (Å²) in [6.07, 6.45) is 5.08. The second kappa shape index (κ2) is 11.6. The third-order valence-corrected chi connectivity index (χ3v) is 5.37. The fraction of sp³-hybridized carbons (Fsp3) is 0.409. The molecule has 0 spiro atoms. The first-order chi connectivity index (χ1) is 15.0. The van der Waals surface area contributed by atoms with Crippen LogP contribution in [-0.4, -0.2) is 53.4 Å². The molecule has 1 aromatic carbocycles. The van der Waals surface area contributed by atoms with E-state index in [1.807, 2.05) is 12.1 Å². The van der Waals surface area contributed by atoms with Crippen LogP contribution in [0.4, 0.5) is 10.5 Å². The number of ether oxygens (including phenoxy) is 1. The lowest BCUT2D eigenvalue weighted by molar-refractivity contribution is -0.121. The van der Waals surface area contributed by atoms with E-state index in [0.717, 1.165) is 12.0 Å². The first kappa shape index (κ1) is 23.0. The van der Waals surface area contributed by atoms with Crippen LogP contribution in [0, 0.1) is 0 Å². The SMILES string of the molecule is O=C(Cc1ccncc1)NCC[C@@H]1CC[C@@H](NC(=O)Nc2ccc(Cl)cc2)[C@@H](CO)O1. The Hall–Kier alpha value is -2.68. The number of amides is 3. The van der Waals surface area contributed by atoms with E-state index in [1.165, 1.54) is 0 Å². The molecular formula is C22H27ClN4O4. The van der Waals surface area contributed by atoms with Gasteiger partial charge < -0.3 is 25.8 Å². The van der Waals surface area contributed by atoms with Crippen LogP contribution in [0.15, 0.2) is 48.8 Å². The van der Waals surface area contributed by atoms with Crippen LogP contribution in [0.25, 0.3) is 0 Å². The van der Waals surface area contributed by atoms with Crippen molar-refractivity contribution in [1.29, 1.82) is 0 Å². The number of pyridine rings is 1. The van der Waals surface area contributed by atoms with Gasteiger partial charge >= 0.3 is 6.03 Å². The number of nitrogens with zero attached hydrogens (tertiary/aromatic N) is 1. The monoisotopic (exact) mass is 446 g/mol. The maximum Gasteiger partial charge on any atom is 0.319 e. The molecule has 3 atom stereocenters. The lowest BCUT2D eigenvalue weighted by Gasteiger charge is -2.36. The van der Waals surface area contributed by atoms with Crippen molar-refractivity contribution >= 4 is 29.2 Å². The molecule has 0 radical (unpaired) electrons. The number of halogens is 1. The average Bonchev–Trinajstić information content (AvgIpc) is 2.77. The summed E-state index contributed by atoms with van der Waals surface area (Å²) in [4.78, 5) is 28.2. The van der Waals surface area contributed by atoms with Gasteiger partial charge in [-0.3, -0.25) is 9.78 Å². The van der Waals surface area contributed by atoms with E-state index in [-0.39, 0.29) is 30.7 Å². The van der Waals surface area contributed by atoms with Crippen molar-refractivity contribution in [2.75, 3.05) is 18.5 Å². The minimum Gasteiger partial charge on any atom is -0.394 e. The highest BCUT2D eigenvalue weighted by Gasteiger charge is 2.31. The number of nitrogens with one attached hydrogen (secondary N) is 3. The fourth-order valence-electron chi connectivity index (χ4n) is 3.50. The first-order valence-corrected chi connectivity index (χ1v) is 10.7. The van der Waals surface area contributed by atoms with Crippen molar-refractivity contribution in [2.24, 2.45) is 0 Å². The second-order valence-corrected chi connectivity index (χ2v) is 7.88. The lowest BCUT2D eigenvalue weighted by atomic mass is 9.97. The van der Waals surface area contributed by atoms with Gasteiger partial charge in [0.1, 0.15) is 6.10 Å². The quantitative estimate of drug-likeness (QED) is 0.497. The van der Waals surface area contributed by atoms with Gasteiger partial charge in [-0.1, -0.05) is 11.6 Å². The van der Waals surface area contributed by atoms with E-state index >= 15 is 0 Å². The lowest BCUT2D eigenvalue weighted by Crippen LogP contribution is -2.52. The Morgan fingerprint density at radius 2 is 1.87 bits per heavy atom. The summed E-state index contributed by atoms with van der Waals surface area (Å²) in [6.45, 7) is 0.290. The van der Waals surface area contributed by atoms with Crippen LogP contribution in [0.5, 0.6) is 0 Å². The number of aliphatic hydroxyl groups is 1. The van der Waals surface area contributed by atoms with Crippen LogP contribution in [0.1, 0.15) is 24.8 Å². The summed E-state index contributed by atoms with van der Waals surface area (Å²) in [7, 11) is 0. The topological polar surface area (TPSA) is 113 Å². The van der Waals surface area contributed by atoms with E-state index in [4.69, 9.17) is 16.3 Å². The third-order valence-electron chi connectivity index (χ3n) is 5.12. The van der Waals surface area contributed by atoms with Crippen molar-refractivity contribution in [2.45, 2.75) is 43.9 Å². The van der Waals surface area contributed by atoms with Gasteiger partial charge in [0.15, 0.2) is 0 Å². The number of hydrogen-bond acceptors (Lipinski definition) is 5. The van der Waals surface area contributed by atoms with E-state index in [2.05, 4.69) is 20.9 Å². The number of carbonyl (C=O) groups is 2. The third kappa shape index (κ3) is 7.50. The summed E-state index contributed by atoms with van der Waals surface area (Å²) >= 11 is 5.85. The molecule has 1 aliphatic rings. The molecule has 1 aromatic heterocycles.